The van der Waals surface area contributed by atoms with Crippen molar-refractivity contribution < 1.29 is 9.90 Å². The van der Waals surface area contributed by atoms with Gasteiger partial charge in [-0.1, -0.05) is 0 Å². The van der Waals surface area contributed by atoms with Gasteiger partial charge in [0.2, 0.25) is 5.91 Å². The topological polar surface area (TPSA) is 43.8 Å². The zero-order valence-electron chi connectivity index (χ0n) is 11.5. The number of likely N-dealkylation sites (tertiary alicyclic amines) is 2. The minimum atomic E-state index is -0.300. The first kappa shape index (κ1) is 13.8. The molecule has 0 radical (unpaired) electrons. The van der Waals surface area contributed by atoms with Gasteiger partial charge in [-0.15, -0.1) is 0 Å². The van der Waals surface area contributed by atoms with Crippen LogP contribution in [0.15, 0.2) is 0 Å². The number of amides is 1. The molecular formula is C14H26N2O2. The van der Waals surface area contributed by atoms with Gasteiger partial charge >= 0.3 is 0 Å². The van der Waals surface area contributed by atoms with Crippen molar-refractivity contribution in [2.24, 2.45) is 5.92 Å². The van der Waals surface area contributed by atoms with Gasteiger partial charge in [-0.25, -0.2) is 0 Å². The maximum absolute atomic E-state index is 12.1. The third kappa shape index (κ3) is 3.95. The Kier molecular flexibility index (Phi) is 5.01. The molecule has 4 nitrogen and oxygen atoms in total. The Morgan fingerprint density at radius 1 is 1.22 bits per heavy atom. The van der Waals surface area contributed by atoms with Crippen LogP contribution in [0.2, 0.25) is 0 Å². The number of hydrogen-bond acceptors (Lipinski definition) is 3. The van der Waals surface area contributed by atoms with Crippen LogP contribution in [0.4, 0.5) is 0 Å². The standard InChI is InChI=1S/C14H26N2O2/c1-15-9-6-12(7-10-15)4-5-14(18)16-8-2-3-13(17)11-16/h12-13,17H,2-11H2,1H3. The molecule has 18 heavy (non-hydrogen) atoms. The number of β-amino-alcohol motifs (C(OH)–C–C–N with tert-alkyl or cyclic N) is 1. The van der Waals surface area contributed by atoms with E-state index in [0.29, 0.717) is 13.0 Å². The number of piperidine rings is 2. The number of hydrogen-bond donors (Lipinski definition) is 1. The van der Waals surface area contributed by atoms with E-state index in [-0.39, 0.29) is 12.0 Å². The maximum Gasteiger partial charge on any atom is 0.222 e. The van der Waals surface area contributed by atoms with Crippen molar-refractivity contribution in [1.29, 1.82) is 0 Å². The number of rotatable bonds is 3. The van der Waals surface area contributed by atoms with E-state index < -0.39 is 0 Å². The highest BCUT2D eigenvalue weighted by Gasteiger charge is 2.23. The van der Waals surface area contributed by atoms with Crippen LogP contribution in [-0.4, -0.2) is 60.1 Å². The smallest absolute Gasteiger partial charge is 0.222 e. The number of nitrogens with zero attached hydrogens (tertiary/aromatic N) is 2. The predicted molar refractivity (Wildman–Crippen MR) is 71.3 cm³/mol. The van der Waals surface area contributed by atoms with Gasteiger partial charge in [0.05, 0.1) is 6.10 Å². The summed E-state index contributed by atoms with van der Waals surface area (Å²) in [5.74, 6) is 0.965. The lowest BCUT2D eigenvalue weighted by Crippen LogP contribution is -2.42. The van der Waals surface area contributed by atoms with Gasteiger partial charge in [-0.3, -0.25) is 4.79 Å². The van der Waals surface area contributed by atoms with Gasteiger partial charge in [0.1, 0.15) is 0 Å². The number of aliphatic hydroxyl groups excluding tert-OH is 1. The molecule has 2 saturated heterocycles. The van der Waals surface area contributed by atoms with Crippen molar-refractivity contribution >= 4 is 5.91 Å². The van der Waals surface area contributed by atoms with E-state index in [9.17, 15) is 9.90 Å². The highest BCUT2D eigenvalue weighted by atomic mass is 16.3. The van der Waals surface area contributed by atoms with Crippen molar-refractivity contribution in [3.8, 4) is 0 Å². The fourth-order valence-electron chi connectivity index (χ4n) is 3.02. The van der Waals surface area contributed by atoms with E-state index >= 15 is 0 Å². The molecule has 0 aliphatic carbocycles. The molecule has 0 spiro atoms. The fourth-order valence-corrected chi connectivity index (χ4v) is 3.02. The summed E-state index contributed by atoms with van der Waals surface area (Å²) < 4.78 is 0. The van der Waals surface area contributed by atoms with Gasteiger partial charge in [-0.2, -0.15) is 0 Å². The van der Waals surface area contributed by atoms with Crippen LogP contribution in [0.25, 0.3) is 0 Å². The van der Waals surface area contributed by atoms with Crippen molar-refractivity contribution in [1.82, 2.24) is 9.80 Å². The van der Waals surface area contributed by atoms with E-state index in [1.807, 2.05) is 4.90 Å². The van der Waals surface area contributed by atoms with Crippen LogP contribution in [0, 0.1) is 5.92 Å². The highest BCUT2D eigenvalue weighted by molar-refractivity contribution is 5.76. The lowest BCUT2D eigenvalue weighted by molar-refractivity contribution is -0.134. The molecule has 0 bridgehead atoms. The van der Waals surface area contributed by atoms with E-state index in [4.69, 9.17) is 0 Å². The van der Waals surface area contributed by atoms with Crippen LogP contribution < -0.4 is 0 Å². The van der Waals surface area contributed by atoms with Crippen LogP contribution >= 0.6 is 0 Å². The molecule has 1 unspecified atom stereocenters. The van der Waals surface area contributed by atoms with E-state index in [1.165, 1.54) is 25.9 Å². The molecule has 1 N–H and O–H groups in total. The second kappa shape index (κ2) is 6.53. The Bertz CT molecular complexity index is 275. The van der Waals surface area contributed by atoms with Crippen LogP contribution in [-0.2, 0) is 4.79 Å². The Morgan fingerprint density at radius 3 is 2.61 bits per heavy atom. The summed E-state index contributed by atoms with van der Waals surface area (Å²) in [6.07, 6.45) is 5.64. The SMILES string of the molecule is CN1CCC(CCC(=O)N2CCCC(O)C2)CC1. The first-order valence-corrected chi connectivity index (χ1v) is 7.29. The second-order valence-electron chi connectivity index (χ2n) is 5.92. The predicted octanol–water partition coefficient (Wildman–Crippen LogP) is 1.09. The maximum atomic E-state index is 12.1. The van der Waals surface area contributed by atoms with Gasteiger partial charge in [0.15, 0.2) is 0 Å². The molecule has 1 atom stereocenters. The number of carbonyl (C=O) groups excluding carboxylic acids is 1. The van der Waals surface area contributed by atoms with Crippen LogP contribution in [0.3, 0.4) is 0 Å². The largest absolute Gasteiger partial charge is 0.391 e. The van der Waals surface area contributed by atoms with Gasteiger partial charge in [0.25, 0.3) is 0 Å². The molecule has 0 aromatic rings. The van der Waals surface area contributed by atoms with E-state index in [2.05, 4.69) is 11.9 Å². The first-order chi connectivity index (χ1) is 8.65. The summed E-state index contributed by atoms with van der Waals surface area (Å²) in [6, 6.07) is 0. The molecule has 4 heteroatoms. The van der Waals surface area contributed by atoms with Crippen molar-refractivity contribution in [3.05, 3.63) is 0 Å². The molecular weight excluding hydrogens is 228 g/mol. The summed E-state index contributed by atoms with van der Waals surface area (Å²) in [4.78, 5) is 16.3. The quantitative estimate of drug-likeness (QED) is 0.820. The lowest BCUT2D eigenvalue weighted by Gasteiger charge is -2.32. The molecule has 2 rings (SSSR count). The zero-order chi connectivity index (χ0) is 13.0. The summed E-state index contributed by atoms with van der Waals surface area (Å²) in [5, 5.41) is 9.58. The van der Waals surface area contributed by atoms with Gasteiger partial charge in [-0.05, 0) is 58.2 Å². The molecule has 2 heterocycles. The zero-order valence-corrected chi connectivity index (χ0v) is 11.5. The Balaban J connectivity index is 1.68. The van der Waals surface area contributed by atoms with Crippen LogP contribution in [0.1, 0.15) is 38.5 Å². The molecule has 0 aromatic carbocycles. The molecule has 0 aromatic heterocycles. The average Bonchev–Trinajstić information content (AvgIpc) is 2.38. The third-order valence-corrected chi connectivity index (χ3v) is 4.35. The Morgan fingerprint density at radius 2 is 1.94 bits per heavy atom. The molecule has 2 fully saturated rings. The van der Waals surface area contributed by atoms with Crippen molar-refractivity contribution in [3.63, 3.8) is 0 Å². The number of aliphatic hydroxyl groups is 1. The fraction of sp³-hybridized carbons (Fsp3) is 0.929. The number of carbonyl (C=O) groups is 1. The van der Waals surface area contributed by atoms with Gasteiger partial charge in [0, 0.05) is 19.5 Å². The molecule has 104 valence electrons. The van der Waals surface area contributed by atoms with E-state index in [0.717, 1.165) is 31.7 Å². The molecule has 1 amide bonds. The Hall–Kier alpha value is -0.610. The summed E-state index contributed by atoms with van der Waals surface area (Å²) in [5.41, 5.74) is 0. The lowest BCUT2D eigenvalue weighted by atomic mass is 9.92. The average molecular weight is 254 g/mol. The molecule has 2 aliphatic heterocycles. The van der Waals surface area contributed by atoms with Crippen molar-refractivity contribution in [2.75, 3.05) is 33.2 Å². The summed E-state index contributed by atoms with van der Waals surface area (Å²) >= 11 is 0. The molecule has 0 saturated carbocycles. The van der Waals surface area contributed by atoms with Crippen molar-refractivity contribution in [2.45, 2.75) is 44.6 Å². The molecule has 2 aliphatic rings. The highest BCUT2D eigenvalue weighted by Crippen LogP contribution is 2.22. The van der Waals surface area contributed by atoms with Crippen LogP contribution in [0.5, 0.6) is 0 Å². The minimum absolute atomic E-state index is 0.243. The van der Waals surface area contributed by atoms with E-state index in [1.54, 1.807) is 0 Å². The monoisotopic (exact) mass is 254 g/mol. The first-order valence-electron chi connectivity index (χ1n) is 7.29. The normalized spacial score (nSPS) is 27.4. The third-order valence-electron chi connectivity index (χ3n) is 4.35. The van der Waals surface area contributed by atoms with Gasteiger partial charge < -0.3 is 14.9 Å². The Labute approximate surface area is 110 Å². The summed E-state index contributed by atoms with van der Waals surface area (Å²) in [6.45, 7) is 3.72. The second-order valence-corrected chi connectivity index (χ2v) is 5.92. The minimum Gasteiger partial charge on any atom is -0.391 e. The summed E-state index contributed by atoms with van der Waals surface area (Å²) in [7, 11) is 2.16.